The van der Waals surface area contributed by atoms with E-state index in [0.717, 1.165) is 6.42 Å². The van der Waals surface area contributed by atoms with Gasteiger partial charge in [-0.2, -0.15) is 5.26 Å². The smallest absolute Gasteiger partial charge is 0.156 e. The third-order valence-electron chi connectivity index (χ3n) is 4.01. The summed E-state index contributed by atoms with van der Waals surface area (Å²) in [4.78, 5) is 11.9. The van der Waals surface area contributed by atoms with Crippen LogP contribution in [-0.4, -0.2) is 24.7 Å². The molecule has 94 valence electrons. The van der Waals surface area contributed by atoms with Crippen LogP contribution in [0.25, 0.3) is 0 Å². The summed E-state index contributed by atoms with van der Waals surface area (Å²) in [7, 11) is -2.97. The minimum absolute atomic E-state index is 0.0818. The van der Waals surface area contributed by atoms with Gasteiger partial charge in [0, 0.05) is 18.8 Å². The van der Waals surface area contributed by atoms with Crippen molar-refractivity contribution in [3.63, 3.8) is 0 Å². The summed E-state index contributed by atoms with van der Waals surface area (Å²) in [6.45, 7) is 0. The van der Waals surface area contributed by atoms with Gasteiger partial charge in [0.1, 0.15) is 5.78 Å². The number of fused-ring (bicyclic) bond motifs is 2. The number of carbonyl (C=O) groups excluding carboxylic acids is 1. The van der Waals surface area contributed by atoms with Gasteiger partial charge in [-0.05, 0) is 25.7 Å². The molecule has 5 heteroatoms. The van der Waals surface area contributed by atoms with Crippen LogP contribution in [0.1, 0.15) is 44.9 Å². The molecule has 0 aromatic heterocycles. The van der Waals surface area contributed by atoms with Crippen LogP contribution in [0.4, 0.5) is 0 Å². The van der Waals surface area contributed by atoms with Crippen molar-refractivity contribution in [1.29, 1.82) is 5.26 Å². The van der Waals surface area contributed by atoms with E-state index >= 15 is 0 Å². The van der Waals surface area contributed by atoms with E-state index in [9.17, 15) is 13.2 Å². The number of hydrogen-bond acceptors (Lipinski definition) is 4. The van der Waals surface area contributed by atoms with Crippen LogP contribution in [0.3, 0.4) is 0 Å². The normalized spacial score (nSPS) is 34.9. The van der Waals surface area contributed by atoms with Crippen LogP contribution in [0.2, 0.25) is 0 Å². The van der Waals surface area contributed by atoms with Gasteiger partial charge in [-0.3, -0.25) is 4.79 Å². The van der Waals surface area contributed by atoms with Crippen molar-refractivity contribution in [2.75, 3.05) is 0 Å². The molecule has 2 aliphatic rings. The standard InChI is InChI=1S/C12H17NO3S/c13-6-2-5-12(14)9-7-10-3-1-4-11(8-9)17(10,15)16/h9-11H,1-5,7-8H2. The van der Waals surface area contributed by atoms with Gasteiger partial charge in [0.25, 0.3) is 0 Å². The van der Waals surface area contributed by atoms with E-state index in [0.29, 0.717) is 25.7 Å². The van der Waals surface area contributed by atoms with Gasteiger partial charge in [0.2, 0.25) is 0 Å². The predicted octanol–water partition coefficient (Wildman–Crippen LogP) is 1.61. The molecule has 0 spiro atoms. The Morgan fingerprint density at radius 1 is 1.24 bits per heavy atom. The maximum absolute atomic E-state index is 12.0. The highest BCUT2D eigenvalue weighted by Gasteiger charge is 2.45. The first-order valence-corrected chi connectivity index (χ1v) is 7.79. The average Bonchev–Trinajstić information content (AvgIpc) is 2.24. The van der Waals surface area contributed by atoms with E-state index in [4.69, 9.17) is 5.26 Å². The van der Waals surface area contributed by atoms with Gasteiger partial charge in [-0.1, -0.05) is 6.42 Å². The lowest BCUT2D eigenvalue weighted by Gasteiger charge is -2.38. The molecule has 2 unspecified atom stereocenters. The van der Waals surface area contributed by atoms with E-state index in [1.165, 1.54) is 0 Å². The summed E-state index contributed by atoms with van der Waals surface area (Å²) < 4.78 is 24.0. The predicted molar refractivity (Wildman–Crippen MR) is 62.9 cm³/mol. The highest BCUT2D eigenvalue weighted by Crippen LogP contribution is 2.39. The number of nitriles is 1. The second-order valence-electron chi connectivity index (χ2n) is 5.06. The van der Waals surface area contributed by atoms with E-state index in [1.54, 1.807) is 0 Å². The van der Waals surface area contributed by atoms with Gasteiger partial charge in [-0.15, -0.1) is 0 Å². The molecule has 0 aromatic rings. The number of ketones is 1. The quantitative estimate of drug-likeness (QED) is 0.767. The van der Waals surface area contributed by atoms with Crippen molar-refractivity contribution in [1.82, 2.24) is 0 Å². The second-order valence-corrected chi connectivity index (χ2v) is 7.57. The Labute approximate surface area is 102 Å². The lowest BCUT2D eigenvalue weighted by Crippen LogP contribution is -2.45. The summed E-state index contributed by atoms with van der Waals surface area (Å²) in [5, 5.41) is 7.86. The van der Waals surface area contributed by atoms with E-state index < -0.39 is 9.84 Å². The maximum Gasteiger partial charge on any atom is 0.156 e. The molecule has 2 heterocycles. The summed E-state index contributed by atoms with van der Waals surface area (Å²) >= 11 is 0. The fourth-order valence-corrected chi connectivity index (χ4v) is 5.59. The highest BCUT2D eigenvalue weighted by molar-refractivity contribution is 7.92. The van der Waals surface area contributed by atoms with Crippen LogP contribution in [-0.2, 0) is 14.6 Å². The number of hydrogen-bond donors (Lipinski definition) is 0. The monoisotopic (exact) mass is 255 g/mol. The van der Waals surface area contributed by atoms with E-state index in [1.807, 2.05) is 6.07 Å². The third-order valence-corrected chi connectivity index (χ3v) is 6.73. The number of Topliss-reactive ketones (excluding diaryl/α,β-unsaturated/α-hetero) is 1. The molecule has 2 rings (SSSR count). The first-order valence-electron chi connectivity index (χ1n) is 6.18. The summed E-state index contributed by atoms with van der Waals surface area (Å²) in [6.07, 6.45) is 3.89. The number of rotatable bonds is 3. The van der Waals surface area contributed by atoms with Gasteiger partial charge in [0.15, 0.2) is 9.84 Å². The molecule has 0 N–H and O–H groups in total. The van der Waals surface area contributed by atoms with Crippen molar-refractivity contribution in [3.8, 4) is 6.07 Å². The largest absolute Gasteiger partial charge is 0.299 e. The minimum Gasteiger partial charge on any atom is -0.299 e. The van der Waals surface area contributed by atoms with Crippen LogP contribution in [0.15, 0.2) is 0 Å². The molecule has 0 saturated carbocycles. The lowest BCUT2D eigenvalue weighted by atomic mass is 9.85. The van der Waals surface area contributed by atoms with Crippen molar-refractivity contribution in [2.45, 2.75) is 55.4 Å². The van der Waals surface area contributed by atoms with Crippen LogP contribution in [0, 0.1) is 17.2 Å². The lowest BCUT2D eigenvalue weighted by molar-refractivity contribution is -0.123. The van der Waals surface area contributed by atoms with Crippen LogP contribution in [0.5, 0.6) is 0 Å². The van der Waals surface area contributed by atoms with E-state index in [2.05, 4.69) is 0 Å². The third kappa shape index (κ3) is 2.37. The van der Waals surface area contributed by atoms with Gasteiger partial charge >= 0.3 is 0 Å². The molecule has 0 radical (unpaired) electrons. The van der Waals surface area contributed by atoms with Crippen molar-refractivity contribution < 1.29 is 13.2 Å². The fourth-order valence-electron chi connectivity index (χ4n) is 3.05. The summed E-state index contributed by atoms with van der Waals surface area (Å²) in [5.74, 6) is -0.0412. The Bertz CT molecular complexity index is 429. The Morgan fingerprint density at radius 2 is 1.82 bits per heavy atom. The maximum atomic E-state index is 12.0. The Morgan fingerprint density at radius 3 is 2.35 bits per heavy atom. The highest BCUT2D eigenvalue weighted by atomic mass is 32.2. The van der Waals surface area contributed by atoms with Crippen molar-refractivity contribution >= 4 is 15.6 Å². The van der Waals surface area contributed by atoms with Crippen molar-refractivity contribution in [3.05, 3.63) is 0 Å². The topological polar surface area (TPSA) is 75.0 Å². The molecule has 2 atom stereocenters. The zero-order chi connectivity index (χ0) is 12.5. The van der Waals surface area contributed by atoms with E-state index in [-0.39, 0.29) is 35.0 Å². The molecular formula is C12H17NO3S. The van der Waals surface area contributed by atoms with Crippen LogP contribution < -0.4 is 0 Å². The zero-order valence-corrected chi connectivity index (χ0v) is 10.6. The molecule has 0 aliphatic carbocycles. The Hall–Kier alpha value is -0.890. The minimum atomic E-state index is -2.97. The molecule has 4 nitrogen and oxygen atoms in total. The molecule has 2 fully saturated rings. The molecular weight excluding hydrogens is 238 g/mol. The Kier molecular flexibility index (Phi) is 3.53. The molecule has 0 amide bonds. The zero-order valence-electron chi connectivity index (χ0n) is 9.76. The molecule has 2 bridgehead atoms. The first-order chi connectivity index (χ1) is 8.05. The number of nitrogens with zero attached hydrogens (tertiary/aromatic N) is 1. The number of sulfone groups is 1. The van der Waals surface area contributed by atoms with Crippen LogP contribution >= 0.6 is 0 Å². The first kappa shape index (κ1) is 12.6. The van der Waals surface area contributed by atoms with Gasteiger partial charge in [-0.25, -0.2) is 8.42 Å². The Balaban J connectivity index is 2.07. The second kappa shape index (κ2) is 4.77. The summed E-state index contributed by atoms with van der Waals surface area (Å²) in [6, 6.07) is 1.97. The molecule has 2 saturated heterocycles. The van der Waals surface area contributed by atoms with Crippen molar-refractivity contribution in [2.24, 2.45) is 5.92 Å². The van der Waals surface area contributed by atoms with Gasteiger partial charge < -0.3 is 0 Å². The van der Waals surface area contributed by atoms with Gasteiger partial charge in [0.05, 0.1) is 16.6 Å². The molecule has 0 aromatic carbocycles. The number of carbonyl (C=O) groups is 1. The fraction of sp³-hybridized carbons (Fsp3) is 0.833. The SMILES string of the molecule is N#CCCC(=O)C1CC2CCCC(C1)S2(=O)=O. The summed E-state index contributed by atoms with van der Waals surface area (Å²) in [5.41, 5.74) is 0. The molecule has 17 heavy (non-hydrogen) atoms. The molecule has 2 aliphatic heterocycles. The average molecular weight is 255 g/mol.